The molecule has 10 heteroatoms. The Balaban J connectivity index is 1.60. The highest BCUT2D eigenvalue weighted by Crippen LogP contribution is 2.28. The normalized spacial score (nSPS) is 10.7. The number of anilines is 1. The molecule has 9 nitrogen and oxygen atoms in total. The van der Waals surface area contributed by atoms with Crippen LogP contribution in [0.4, 0.5) is 5.88 Å². The van der Waals surface area contributed by atoms with E-state index >= 15 is 0 Å². The Morgan fingerprint density at radius 1 is 1.17 bits per heavy atom. The number of amides is 1. The molecule has 0 fully saturated rings. The molecule has 0 spiro atoms. The van der Waals surface area contributed by atoms with Crippen molar-refractivity contribution in [2.24, 2.45) is 0 Å². The molecule has 0 atom stereocenters. The Bertz CT molecular complexity index is 1140. The van der Waals surface area contributed by atoms with Gasteiger partial charge in [-0.2, -0.15) is 0 Å². The third kappa shape index (κ3) is 4.33. The molecule has 0 saturated carbocycles. The van der Waals surface area contributed by atoms with E-state index in [1.807, 2.05) is 41.0 Å². The van der Waals surface area contributed by atoms with Crippen LogP contribution < -0.4 is 10.1 Å². The summed E-state index contributed by atoms with van der Waals surface area (Å²) in [7, 11) is 1.62. The van der Waals surface area contributed by atoms with Crippen molar-refractivity contribution in [1.29, 1.82) is 0 Å². The van der Waals surface area contributed by atoms with Crippen LogP contribution >= 0.6 is 11.8 Å². The number of thioether (sulfide) groups is 1. The minimum atomic E-state index is -0.231. The second-order valence-electron chi connectivity index (χ2n) is 6.24. The Morgan fingerprint density at radius 3 is 2.60 bits per heavy atom. The van der Waals surface area contributed by atoms with Crippen LogP contribution in [0.5, 0.6) is 5.75 Å². The van der Waals surface area contributed by atoms with Crippen molar-refractivity contribution in [1.82, 2.24) is 24.9 Å². The average molecular weight is 422 g/mol. The number of hydrogen-bond donors (Lipinski definition) is 1. The van der Waals surface area contributed by atoms with Gasteiger partial charge in [-0.1, -0.05) is 16.9 Å². The summed E-state index contributed by atoms with van der Waals surface area (Å²) in [6, 6.07) is 12.9. The van der Waals surface area contributed by atoms with E-state index in [2.05, 4.69) is 25.7 Å². The molecule has 1 amide bonds. The highest BCUT2D eigenvalue weighted by molar-refractivity contribution is 7.99. The summed E-state index contributed by atoms with van der Waals surface area (Å²) in [5.74, 6) is 1.60. The zero-order chi connectivity index (χ0) is 20.9. The number of carbonyl (C=O) groups is 1. The molecular formula is C20H18N6O3S. The predicted octanol–water partition coefficient (Wildman–Crippen LogP) is 3.37. The van der Waals surface area contributed by atoms with E-state index in [1.54, 1.807) is 32.5 Å². The van der Waals surface area contributed by atoms with Crippen molar-refractivity contribution >= 4 is 23.6 Å². The first-order valence-corrected chi connectivity index (χ1v) is 9.99. The second kappa shape index (κ2) is 8.78. The summed E-state index contributed by atoms with van der Waals surface area (Å²) < 4.78 is 12.2. The third-order valence-corrected chi connectivity index (χ3v) is 5.05. The van der Waals surface area contributed by atoms with E-state index in [0.29, 0.717) is 22.6 Å². The summed E-state index contributed by atoms with van der Waals surface area (Å²) in [6.45, 7) is 1.78. The number of benzene rings is 1. The molecule has 0 aliphatic rings. The van der Waals surface area contributed by atoms with Crippen LogP contribution in [0.15, 0.2) is 64.5 Å². The fourth-order valence-electron chi connectivity index (χ4n) is 2.74. The number of aromatic nitrogens is 5. The van der Waals surface area contributed by atoms with Crippen LogP contribution in [-0.2, 0) is 4.79 Å². The first-order valence-electron chi connectivity index (χ1n) is 9.00. The number of nitrogens with one attached hydrogen (secondary N) is 1. The van der Waals surface area contributed by atoms with Crippen molar-refractivity contribution < 1.29 is 14.1 Å². The van der Waals surface area contributed by atoms with E-state index in [-0.39, 0.29) is 11.7 Å². The molecule has 4 rings (SSSR count). The Morgan fingerprint density at radius 2 is 1.93 bits per heavy atom. The van der Waals surface area contributed by atoms with Gasteiger partial charge in [0, 0.05) is 29.7 Å². The molecular weight excluding hydrogens is 404 g/mol. The maximum Gasteiger partial charge on any atom is 0.237 e. The minimum absolute atomic E-state index is 0.129. The monoisotopic (exact) mass is 422 g/mol. The van der Waals surface area contributed by atoms with Crippen LogP contribution in [0.1, 0.15) is 5.69 Å². The number of carbonyl (C=O) groups excluding carboxylic acids is 1. The van der Waals surface area contributed by atoms with Gasteiger partial charge in [0.05, 0.1) is 18.6 Å². The lowest BCUT2D eigenvalue weighted by Crippen LogP contribution is -2.14. The van der Waals surface area contributed by atoms with E-state index in [4.69, 9.17) is 9.26 Å². The molecule has 0 unspecified atom stereocenters. The standard InChI is InChI=1S/C20H18N6O3S/c1-13-11-18(29-25-13)22-17(27)12-30-20-24-23-19(14-7-9-21-10-8-14)26(20)15-3-5-16(28-2)6-4-15/h3-11H,12H2,1-2H3,(H,22,27). The Labute approximate surface area is 176 Å². The zero-order valence-electron chi connectivity index (χ0n) is 16.3. The molecule has 0 radical (unpaired) electrons. The van der Waals surface area contributed by atoms with Crippen LogP contribution in [0, 0.1) is 6.92 Å². The Hall–Kier alpha value is -3.66. The maximum absolute atomic E-state index is 12.3. The van der Waals surface area contributed by atoms with Crippen molar-refractivity contribution in [3.63, 3.8) is 0 Å². The lowest BCUT2D eigenvalue weighted by molar-refractivity contribution is -0.113. The first-order chi connectivity index (χ1) is 14.6. The first kappa shape index (κ1) is 19.6. The lowest BCUT2D eigenvalue weighted by Gasteiger charge is -2.11. The van der Waals surface area contributed by atoms with Gasteiger partial charge in [0.2, 0.25) is 11.8 Å². The summed E-state index contributed by atoms with van der Waals surface area (Å²) >= 11 is 1.27. The zero-order valence-corrected chi connectivity index (χ0v) is 17.1. The molecule has 0 aliphatic heterocycles. The van der Waals surface area contributed by atoms with E-state index < -0.39 is 0 Å². The topological polar surface area (TPSA) is 108 Å². The number of pyridine rings is 1. The van der Waals surface area contributed by atoms with Crippen molar-refractivity contribution in [3.05, 3.63) is 60.6 Å². The number of ether oxygens (including phenoxy) is 1. The van der Waals surface area contributed by atoms with Crippen LogP contribution in [0.2, 0.25) is 0 Å². The summed E-state index contributed by atoms with van der Waals surface area (Å²) in [5.41, 5.74) is 2.40. The SMILES string of the molecule is COc1ccc(-n2c(SCC(=O)Nc3cc(C)no3)nnc2-c2ccncc2)cc1. The Kier molecular flexibility index (Phi) is 5.75. The van der Waals surface area contributed by atoms with Gasteiger partial charge < -0.3 is 9.26 Å². The molecule has 0 bridgehead atoms. The van der Waals surface area contributed by atoms with Gasteiger partial charge in [0.25, 0.3) is 0 Å². The van der Waals surface area contributed by atoms with Gasteiger partial charge in [-0.05, 0) is 43.3 Å². The predicted molar refractivity (Wildman–Crippen MR) is 112 cm³/mol. The second-order valence-corrected chi connectivity index (χ2v) is 7.19. The summed E-state index contributed by atoms with van der Waals surface area (Å²) in [4.78, 5) is 16.4. The molecule has 0 aliphatic carbocycles. The number of aryl methyl sites for hydroxylation is 1. The van der Waals surface area contributed by atoms with E-state index in [1.165, 1.54) is 11.8 Å². The molecule has 152 valence electrons. The quantitative estimate of drug-likeness (QED) is 0.452. The lowest BCUT2D eigenvalue weighted by atomic mass is 10.2. The number of nitrogens with zero attached hydrogens (tertiary/aromatic N) is 5. The average Bonchev–Trinajstić information content (AvgIpc) is 3.39. The summed E-state index contributed by atoms with van der Waals surface area (Å²) in [5, 5.41) is 15.7. The van der Waals surface area contributed by atoms with Crippen molar-refractivity contribution in [2.75, 3.05) is 18.2 Å². The number of methoxy groups -OCH3 is 1. The molecule has 0 saturated heterocycles. The number of rotatable bonds is 7. The van der Waals surface area contributed by atoms with Gasteiger partial charge in [-0.3, -0.25) is 19.7 Å². The fourth-order valence-corrected chi connectivity index (χ4v) is 3.49. The van der Waals surface area contributed by atoms with Gasteiger partial charge in [0.15, 0.2) is 11.0 Å². The van der Waals surface area contributed by atoms with Crippen LogP contribution in [0.25, 0.3) is 17.1 Å². The maximum atomic E-state index is 12.3. The largest absolute Gasteiger partial charge is 0.497 e. The highest BCUT2D eigenvalue weighted by atomic mass is 32.2. The van der Waals surface area contributed by atoms with Crippen molar-refractivity contribution in [2.45, 2.75) is 12.1 Å². The smallest absolute Gasteiger partial charge is 0.237 e. The summed E-state index contributed by atoms with van der Waals surface area (Å²) in [6.07, 6.45) is 3.39. The minimum Gasteiger partial charge on any atom is -0.497 e. The highest BCUT2D eigenvalue weighted by Gasteiger charge is 2.18. The van der Waals surface area contributed by atoms with Crippen molar-refractivity contribution in [3.8, 4) is 22.8 Å². The molecule has 1 N–H and O–H groups in total. The van der Waals surface area contributed by atoms with Gasteiger partial charge in [0.1, 0.15) is 5.75 Å². The van der Waals surface area contributed by atoms with Gasteiger partial charge >= 0.3 is 0 Å². The van der Waals surface area contributed by atoms with E-state index in [0.717, 1.165) is 17.0 Å². The van der Waals surface area contributed by atoms with E-state index in [9.17, 15) is 4.79 Å². The molecule has 3 aromatic heterocycles. The molecule has 30 heavy (non-hydrogen) atoms. The fraction of sp³-hybridized carbons (Fsp3) is 0.150. The molecule has 1 aromatic carbocycles. The molecule has 4 aromatic rings. The van der Waals surface area contributed by atoms with Gasteiger partial charge in [-0.15, -0.1) is 10.2 Å². The van der Waals surface area contributed by atoms with Crippen LogP contribution in [-0.4, -0.2) is 43.7 Å². The van der Waals surface area contributed by atoms with Gasteiger partial charge in [-0.25, -0.2) is 0 Å². The third-order valence-electron chi connectivity index (χ3n) is 4.13. The number of hydrogen-bond acceptors (Lipinski definition) is 8. The molecule has 3 heterocycles. The van der Waals surface area contributed by atoms with Crippen LogP contribution in [0.3, 0.4) is 0 Å².